The fraction of sp³-hybridized carbons (Fsp3) is 0.324. The lowest BCUT2D eigenvalue weighted by Gasteiger charge is -2.29. The minimum Gasteiger partial charge on any atom is -0.423 e. The number of oxazole rings is 1. The lowest BCUT2D eigenvalue weighted by Crippen LogP contribution is -2.30. The first kappa shape index (κ1) is 27.8. The number of benzene rings is 3. The quantitative estimate of drug-likeness (QED) is 0.213. The van der Waals surface area contributed by atoms with Crippen LogP contribution in [0.25, 0.3) is 0 Å². The number of aromatic nitrogens is 4. The summed E-state index contributed by atoms with van der Waals surface area (Å²) in [7, 11) is 0. The topological polar surface area (TPSA) is 63.2 Å². The van der Waals surface area contributed by atoms with Gasteiger partial charge in [-0.05, 0) is 43.0 Å². The SMILES string of the molecule is CCC1c2nc(Cc3ccccc3)c(o2)N(Cc2ccccc2)Cc2cn(nn2)CCCCN1Cc1ccccc1F. The van der Waals surface area contributed by atoms with Gasteiger partial charge in [0.15, 0.2) is 0 Å². The molecule has 3 aromatic carbocycles. The fourth-order valence-corrected chi connectivity index (χ4v) is 5.74. The van der Waals surface area contributed by atoms with E-state index in [1.807, 2.05) is 35.1 Å². The van der Waals surface area contributed by atoms with Crippen molar-refractivity contribution in [3.63, 3.8) is 0 Å². The molecule has 1 aliphatic heterocycles. The summed E-state index contributed by atoms with van der Waals surface area (Å²) in [6, 6.07) is 27.7. The van der Waals surface area contributed by atoms with Crippen LogP contribution in [0.3, 0.4) is 0 Å². The summed E-state index contributed by atoms with van der Waals surface area (Å²) < 4.78 is 23.6. The Morgan fingerprint density at radius 3 is 2.33 bits per heavy atom. The number of aryl methyl sites for hydroxylation is 1. The normalized spacial score (nSPS) is 16.3. The number of halogens is 1. The molecule has 0 N–H and O–H groups in total. The van der Waals surface area contributed by atoms with Gasteiger partial charge in [-0.1, -0.05) is 91.0 Å². The van der Waals surface area contributed by atoms with Crippen LogP contribution in [0, 0.1) is 5.82 Å². The van der Waals surface area contributed by atoms with Gasteiger partial charge in [-0.25, -0.2) is 9.37 Å². The van der Waals surface area contributed by atoms with E-state index in [1.165, 1.54) is 17.2 Å². The van der Waals surface area contributed by atoms with Crippen LogP contribution in [0.5, 0.6) is 0 Å². The number of fused-ring (bicyclic) bond motifs is 4. The predicted molar refractivity (Wildman–Crippen MR) is 161 cm³/mol. The van der Waals surface area contributed by atoms with Crippen molar-refractivity contribution in [3.05, 3.63) is 131 Å². The van der Waals surface area contributed by atoms with Crippen LogP contribution in [-0.2, 0) is 32.6 Å². The largest absolute Gasteiger partial charge is 0.423 e. The standard InChI is InChI=1S/C34H37FN6O/c1-2-32-33-36-31(21-26-13-5-3-6-14-26)34(42-33)40(22-27-15-7-4-8-16-27)24-29-25-41(38-37-29)20-12-11-19-39(32)23-28-17-9-10-18-30(28)35/h3-10,13-18,25,32H,2,11-12,19-24H2,1H3. The van der Waals surface area contributed by atoms with Crippen molar-refractivity contribution in [2.75, 3.05) is 11.4 Å². The summed E-state index contributed by atoms with van der Waals surface area (Å²) >= 11 is 0. The molecular weight excluding hydrogens is 527 g/mol. The molecule has 1 atom stereocenters. The summed E-state index contributed by atoms with van der Waals surface area (Å²) in [5, 5.41) is 8.93. The van der Waals surface area contributed by atoms with Crippen LogP contribution >= 0.6 is 0 Å². The molecule has 7 nitrogen and oxygen atoms in total. The van der Waals surface area contributed by atoms with Gasteiger partial charge in [-0.15, -0.1) is 5.10 Å². The van der Waals surface area contributed by atoms with Crippen LogP contribution in [0.2, 0.25) is 0 Å². The van der Waals surface area contributed by atoms with E-state index in [9.17, 15) is 4.39 Å². The Hall–Kier alpha value is -4.30. The summed E-state index contributed by atoms with van der Waals surface area (Å²) in [6.45, 7) is 5.39. The average Bonchev–Trinajstić information content (AvgIpc) is 3.63. The summed E-state index contributed by atoms with van der Waals surface area (Å²) in [5.41, 5.74) is 4.79. The van der Waals surface area contributed by atoms with E-state index in [-0.39, 0.29) is 11.9 Å². The first-order chi connectivity index (χ1) is 20.7. The van der Waals surface area contributed by atoms with E-state index < -0.39 is 0 Å². The minimum atomic E-state index is -0.186. The molecule has 0 saturated carbocycles. The molecule has 3 heterocycles. The second kappa shape index (κ2) is 13.1. The molecule has 216 valence electrons. The third kappa shape index (κ3) is 6.60. The molecule has 0 fully saturated rings. The Bertz CT molecular complexity index is 1570. The molecule has 0 saturated heterocycles. The van der Waals surface area contributed by atoms with Gasteiger partial charge in [0.2, 0.25) is 11.8 Å². The fourth-order valence-electron chi connectivity index (χ4n) is 5.74. The number of nitrogens with zero attached hydrogens (tertiary/aromatic N) is 6. The Labute approximate surface area is 246 Å². The zero-order valence-electron chi connectivity index (χ0n) is 24.1. The molecule has 6 rings (SSSR count). The monoisotopic (exact) mass is 564 g/mol. The van der Waals surface area contributed by atoms with E-state index in [0.717, 1.165) is 49.6 Å². The highest BCUT2D eigenvalue weighted by Gasteiger charge is 2.29. The first-order valence-corrected chi connectivity index (χ1v) is 14.8. The van der Waals surface area contributed by atoms with Gasteiger partial charge in [0.25, 0.3) is 0 Å². The van der Waals surface area contributed by atoms with Crippen LogP contribution < -0.4 is 4.90 Å². The highest BCUT2D eigenvalue weighted by atomic mass is 19.1. The van der Waals surface area contributed by atoms with Gasteiger partial charge < -0.3 is 9.32 Å². The number of hydrogen-bond donors (Lipinski definition) is 0. The lowest BCUT2D eigenvalue weighted by atomic mass is 10.1. The maximum atomic E-state index is 14.8. The molecule has 0 spiro atoms. The van der Waals surface area contributed by atoms with E-state index in [4.69, 9.17) is 9.40 Å². The summed E-state index contributed by atoms with van der Waals surface area (Å²) in [4.78, 5) is 9.73. The van der Waals surface area contributed by atoms with Crippen LogP contribution in [0.1, 0.15) is 66.2 Å². The molecule has 1 aliphatic rings. The molecule has 42 heavy (non-hydrogen) atoms. The summed E-state index contributed by atoms with van der Waals surface area (Å²) in [5.74, 6) is 1.23. The number of hydrogen-bond acceptors (Lipinski definition) is 6. The minimum absolute atomic E-state index is 0.0972. The third-order valence-corrected chi connectivity index (χ3v) is 7.88. The Kier molecular flexibility index (Phi) is 8.70. The average molecular weight is 565 g/mol. The van der Waals surface area contributed by atoms with Crippen LogP contribution in [-0.4, -0.2) is 31.4 Å². The maximum absolute atomic E-state index is 14.8. The highest BCUT2D eigenvalue weighted by Crippen LogP contribution is 2.34. The molecule has 5 aromatic rings. The Balaban J connectivity index is 1.44. The van der Waals surface area contributed by atoms with E-state index in [1.54, 1.807) is 6.07 Å². The second-order valence-corrected chi connectivity index (χ2v) is 11.0. The smallest absolute Gasteiger partial charge is 0.220 e. The molecule has 0 radical (unpaired) electrons. The van der Waals surface area contributed by atoms with Gasteiger partial charge in [-0.3, -0.25) is 9.58 Å². The Morgan fingerprint density at radius 1 is 0.857 bits per heavy atom. The van der Waals surface area contributed by atoms with Crippen molar-refractivity contribution < 1.29 is 8.81 Å². The van der Waals surface area contributed by atoms with Crippen molar-refractivity contribution >= 4 is 5.88 Å². The van der Waals surface area contributed by atoms with Gasteiger partial charge in [0, 0.05) is 31.6 Å². The first-order valence-electron chi connectivity index (χ1n) is 14.8. The van der Waals surface area contributed by atoms with Crippen molar-refractivity contribution in [2.45, 2.75) is 64.8 Å². The van der Waals surface area contributed by atoms with Crippen LogP contribution in [0.15, 0.2) is 95.5 Å². The molecule has 0 amide bonds. The van der Waals surface area contributed by atoms with E-state index >= 15 is 0 Å². The number of rotatable bonds is 7. The predicted octanol–water partition coefficient (Wildman–Crippen LogP) is 6.95. The lowest BCUT2D eigenvalue weighted by molar-refractivity contribution is 0.151. The molecular formula is C34H37FN6O. The zero-order chi connectivity index (χ0) is 28.7. The highest BCUT2D eigenvalue weighted by molar-refractivity contribution is 5.45. The van der Waals surface area contributed by atoms with Crippen LogP contribution in [0.4, 0.5) is 10.3 Å². The third-order valence-electron chi connectivity index (χ3n) is 7.88. The molecule has 0 aliphatic carbocycles. The van der Waals surface area contributed by atoms with E-state index in [2.05, 4.69) is 75.6 Å². The van der Waals surface area contributed by atoms with Crippen molar-refractivity contribution in [1.82, 2.24) is 24.9 Å². The van der Waals surface area contributed by atoms with E-state index in [0.29, 0.717) is 37.5 Å². The molecule has 1 unspecified atom stereocenters. The van der Waals surface area contributed by atoms with Gasteiger partial charge in [0.1, 0.15) is 17.2 Å². The Morgan fingerprint density at radius 2 is 1.57 bits per heavy atom. The van der Waals surface area contributed by atoms with Crippen molar-refractivity contribution in [3.8, 4) is 0 Å². The van der Waals surface area contributed by atoms with Crippen molar-refractivity contribution in [1.29, 1.82) is 0 Å². The van der Waals surface area contributed by atoms with Gasteiger partial charge in [-0.2, -0.15) is 0 Å². The summed E-state index contributed by atoms with van der Waals surface area (Å²) in [6.07, 6.45) is 5.34. The van der Waals surface area contributed by atoms with Gasteiger partial charge >= 0.3 is 0 Å². The molecule has 8 heteroatoms. The zero-order valence-corrected chi connectivity index (χ0v) is 24.1. The van der Waals surface area contributed by atoms with Crippen molar-refractivity contribution in [2.24, 2.45) is 0 Å². The molecule has 2 aromatic heterocycles. The number of anilines is 1. The van der Waals surface area contributed by atoms with Gasteiger partial charge in [0.05, 0.1) is 18.8 Å². The maximum Gasteiger partial charge on any atom is 0.220 e. The molecule has 4 bridgehead atoms. The second-order valence-electron chi connectivity index (χ2n) is 11.0.